The molecule has 6 nitrogen and oxygen atoms in total. The average Bonchev–Trinajstić information content (AvgIpc) is 3.17. The molecule has 3 rings (SSSR count). The summed E-state index contributed by atoms with van der Waals surface area (Å²) in [6, 6.07) is 12.0. The van der Waals surface area contributed by atoms with Gasteiger partial charge in [-0.2, -0.15) is 5.26 Å². The van der Waals surface area contributed by atoms with E-state index in [1.807, 2.05) is 43.3 Å². The van der Waals surface area contributed by atoms with Gasteiger partial charge in [0.2, 0.25) is 0 Å². The summed E-state index contributed by atoms with van der Waals surface area (Å²) in [5, 5.41) is 20.4. The molecule has 2 N–H and O–H groups in total. The smallest absolute Gasteiger partial charge is 0.320 e. The number of hydrogen-bond acceptors (Lipinski definition) is 5. The fraction of sp³-hybridized carbons (Fsp3) is 0.455. The van der Waals surface area contributed by atoms with Crippen LogP contribution in [0, 0.1) is 17.2 Å². The number of methoxy groups -OCH3 is 1. The van der Waals surface area contributed by atoms with Crippen molar-refractivity contribution in [2.45, 2.75) is 25.2 Å². The van der Waals surface area contributed by atoms with Crippen molar-refractivity contribution in [3.05, 3.63) is 47.7 Å². The molecular formula is C22H27N3O3. The second-order valence-corrected chi connectivity index (χ2v) is 7.28. The Kier molecular flexibility index (Phi) is 6.18. The lowest BCUT2D eigenvalue weighted by atomic mass is 9.67. The van der Waals surface area contributed by atoms with E-state index in [2.05, 4.69) is 16.0 Å². The molecule has 148 valence electrons. The van der Waals surface area contributed by atoms with Gasteiger partial charge < -0.3 is 14.8 Å². The van der Waals surface area contributed by atoms with E-state index in [0.717, 1.165) is 23.0 Å². The number of nitrogens with one attached hydrogen (secondary N) is 1. The van der Waals surface area contributed by atoms with Crippen molar-refractivity contribution in [1.82, 2.24) is 9.88 Å². The molecule has 1 aliphatic rings. The number of aliphatic hydroxyl groups excluding tert-OH is 1. The molecule has 1 saturated heterocycles. The highest BCUT2D eigenvalue weighted by Crippen LogP contribution is 2.42. The maximum absolute atomic E-state index is 13.1. The van der Waals surface area contributed by atoms with Gasteiger partial charge in [0, 0.05) is 36.6 Å². The number of hydrogen-bond donors (Lipinski definition) is 2. The number of piperidine rings is 1. The van der Waals surface area contributed by atoms with E-state index < -0.39 is 11.4 Å². The molecule has 2 unspecified atom stereocenters. The standard InChI is InChI=1S/C22H27N3O3/c1-3-16-14-25(11-6-10-23)12-9-18(16)22(15-26,21(27)28-2)20-13-17-7-4-5-8-19(17)24-20/h3-5,7-8,13,18,24,26H,6,9,11-12,14-15H2,1-2H3. The SMILES string of the molecule is CC=C1CN(CCC#N)CCC1C(CO)(C(=O)OC)c1cc2ccccc2[nH]1. The van der Waals surface area contributed by atoms with Crippen LogP contribution in [0.4, 0.5) is 0 Å². The van der Waals surface area contributed by atoms with Crippen molar-refractivity contribution in [2.24, 2.45) is 5.92 Å². The number of allylic oxidation sites excluding steroid dienone is 1. The van der Waals surface area contributed by atoms with E-state index in [1.54, 1.807) is 0 Å². The van der Waals surface area contributed by atoms with Gasteiger partial charge in [-0.25, -0.2) is 0 Å². The van der Waals surface area contributed by atoms with Crippen molar-refractivity contribution >= 4 is 16.9 Å². The molecule has 0 saturated carbocycles. The Balaban J connectivity index is 2.05. The van der Waals surface area contributed by atoms with Crippen LogP contribution in [0.1, 0.15) is 25.5 Å². The number of H-pyrrole nitrogens is 1. The zero-order valence-electron chi connectivity index (χ0n) is 16.4. The molecule has 2 atom stereocenters. The van der Waals surface area contributed by atoms with Crippen molar-refractivity contribution < 1.29 is 14.6 Å². The van der Waals surface area contributed by atoms with E-state index >= 15 is 0 Å². The van der Waals surface area contributed by atoms with Crippen molar-refractivity contribution in [1.29, 1.82) is 5.26 Å². The first-order valence-corrected chi connectivity index (χ1v) is 9.62. The van der Waals surface area contributed by atoms with Crippen LogP contribution in [0.3, 0.4) is 0 Å². The number of carbonyl (C=O) groups excluding carboxylic acids is 1. The zero-order valence-corrected chi connectivity index (χ0v) is 16.4. The Morgan fingerprint density at radius 1 is 1.50 bits per heavy atom. The lowest BCUT2D eigenvalue weighted by Gasteiger charge is -2.43. The molecule has 6 heteroatoms. The number of carbonyl (C=O) groups is 1. The number of aromatic amines is 1. The minimum atomic E-state index is -1.18. The number of aliphatic hydroxyl groups is 1. The van der Waals surface area contributed by atoms with Crippen LogP contribution in [0.15, 0.2) is 42.0 Å². The first-order chi connectivity index (χ1) is 13.6. The van der Waals surface area contributed by atoms with Crippen molar-refractivity contribution in [3.63, 3.8) is 0 Å². The third kappa shape index (κ3) is 3.44. The molecule has 1 aromatic carbocycles. The predicted molar refractivity (Wildman–Crippen MR) is 108 cm³/mol. The number of benzene rings is 1. The molecule has 0 aliphatic carbocycles. The number of fused-ring (bicyclic) bond motifs is 1. The highest BCUT2D eigenvalue weighted by atomic mass is 16.5. The molecular weight excluding hydrogens is 354 g/mol. The third-order valence-electron chi connectivity index (χ3n) is 5.90. The van der Waals surface area contributed by atoms with E-state index in [9.17, 15) is 9.90 Å². The summed E-state index contributed by atoms with van der Waals surface area (Å²) in [7, 11) is 1.37. The van der Waals surface area contributed by atoms with Crippen molar-refractivity contribution in [3.8, 4) is 6.07 Å². The van der Waals surface area contributed by atoms with Crippen LogP contribution < -0.4 is 0 Å². The predicted octanol–water partition coefficient (Wildman–Crippen LogP) is 2.75. The zero-order chi connectivity index (χ0) is 20.1. The lowest BCUT2D eigenvalue weighted by Crippen LogP contribution is -2.52. The van der Waals surface area contributed by atoms with Gasteiger partial charge in [0.15, 0.2) is 0 Å². The Labute approximate surface area is 165 Å². The van der Waals surface area contributed by atoms with Crippen LogP contribution in [-0.4, -0.2) is 54.3 Å². The number of aromatic nitrogens is 1. The molecule has 2 aromatic rings. The molecule has 2 heterocycles. The minimum absolute atomic E-state index is 0.179. The summed E-state index contributed by atoms with van der Waals surface area (Å²) in [5.41, 5.74) is 1.50. The number of rotatable bonds is 6. The lowest BCUT2D eigenvalue weighted by molar-refractivity contribution is -0.152. The van der Waals surface area contributed by atoms with Crippen LogP contribution >= 0.6 is 0 Å². The quantitative estimate of drug-likeness (QED) is 0.593. The molecule has 0 radical (unpaired) electrons. The Morgan fingerprint density at radius 2 is 2.29 bits per heavy atom. The topological polar surface area (TPSA) is 89.4 Å². The minimum Gasteiger partial charge on any atom is -0.468 e. The summed E-state index contributed by atoms with van der Waals surface area (Å²) in [6.45, 7) is 3.77. The van der Waals surface area contributed by atoms with E-state index in [1.165, 1.54) is 7.11 Å². The van der Waals surface area contributed by atoms with Crippen LogP contribution in [-0.2, 0) is 14.9 Å². The summed E-state index contributed by atoms with van der Waals surface area (Å²) in [6.07, 6.45) is 3.21. The number of ether oxygens (including phenoxy) is 1. The number of likely N-dealkylation sites (tertiary alicyclic amines) is 1. The molecule has 0 amide bonds. The number of esters is 1. The van der Waals surface area contributed by atoms with Gasteiger partial charge in [0.1, 0.15) is 5.41 Å². The van der Waals surface area contributed by atoms with Gasteiger partial charge in [-0.3, -0.25) is 9.69 Å². The maximum Gasteiger partial charge on any atom is 0.320 e. The normalized spacial score (nSPS) is 21.4. The first-order valence-electron chi connectivity index (χ1n) is 9.62. The fourth-order valence-electron chi connectivity index (χ4n) is 4.39. The molecule has 0 bridgehead atoms. The maximum atomic E-state index is 13.1. The van der Waals surface area contributed by atoms with Gasteiger partial charge in [-0.15, -0.1) is 0 Å². The van der Waals surface area contributed by atoms with Gasteiger partial charge in [-0.1, -0.05) is 29.8 Å². The molecule has 1 fully saturated rings. The molecule has 1 aromatic heterocycles. The third-order valence-corrected chi connectivity index (χ3v) is 5.90. The average molecular weight is 381 g/mol. The molecule has 1 aliphatic heterocycles. The second kappa shape index (κ2) is 8.59. The number of nitrogens with zero attached hydrogens (tertiary/aromatic N) is 2. The molecule has 0 spiro atoms. The van der Waals surface area contributed by atoms with E-state index in [0.29, 0.717) is 31.6 Å². The van der Waals surface area contributed by atoms with Gasteiger partial charge in [-0.05, 0) is 37.4 Å². The number of para-hydroxylation sites is 1. The Hall–Kier alpha value is -2.62. The molecule has 28 heavy (non-hydrogen) atoms. The van der Waals surface area contributed by atoms with E-state index in [4.69, 9.17) is 10.00 Å². The monoisotopic (exact) mass is 381 g/mol. The first kappa shape index (κ1) is 20.1. The van der Waals surface area contributed by atoms with E-state index in [-0.39, 0.29) is 12.5 Å². The van der Waals surface area contributed by atoms with Gasteiger partial charge in [0.25, 0.3) is 0 Å². The van der Waals surface area contributed by atoms with Crippen LogP contribution in [0.25, 0.3) is 10.9 Å². The number of nitriles is 1. The largest absolute Gasteiger partial charge is 0.468 e. The highest BCUT2D eigenvalue weighted by Gasteiger charge is 2.51. The van der Waals surface area contributed by atoms with Crippen molar-refractivity contribution in [2.75, 3.05) is 33.4 Å². The van der Waals surface area contributed by atoms with Gasteiger partial charge >= 0.3 is 5.97 Å². The second-order valence-electron chi connectivity index (χ2n) is 7.28. The summed E-state index contributed by atoms with van der Waals surface area (Å²) in [5.74, 6) is -0.613. The van der Waals surface area contributed by atoms with Crippen LogP contribution in [0.5, 0.6) is 0 Å². The summed E-state index contributed by atoms with van der Waals surface area (Å²) in [4.78, 5) is 18.6. The summed E-state index contributed by atoms with van der Waals surface area (Å²) < 4.78 is 5.19. The van der Waals surface area contributed by atoms with Gasteiger partial charge in [0.05, 0.1) is 19.8 Å². The summed E-state index contributed by atoms with van der Waals surface area (Å²) >= 11 is 0. The van der Waals surface area contributed by atoms with Crippen LogP contribution in [0.2, 0.25) is 0 Å². The fourth-order valence-corrected chi connectivity index (χ4v) is 4.39. The Bertz CT molecular complexity index is 878. The Morgan fingerprint density at radius 3 is 2.93 bits per heavy atom. The highest BCUT2D eigenvalue weighted by molar-refractivity contribution is 5.88.